The Morgan fingerprint density at radius 2 is 2.07 bits per heavy atom. The molecule has 0 atom stereocenters. The van der Waals surface area contributed by atoms with Crippen LogP contribution in [0.15, 0.2) is 30.3 Å². The topological polar surface area (TPSA) is 58.6 Å². The summed E-state index contributed by atoms with van der Waals surface area (Å²) in [5, 5.41) is 10.9. The van der Waals surface area contributed by atoms with Gasteiger partial charge in [0.1, 0.15) is 5.75 Å². The normalized spacial score (nSPS) is 9.50. The van der Waals surface area contributed by atoms with E-state index in [1.807, 2.05) is 18.2 Å². The smallest absolute Gasteiger partial charge is 0.258 e. The number of aliphatic hydroxyl groups is 1. The van der Waals surface area contributed by atoms with Crippen molar-refractivity contribution in [3.8, 4) is 5.75 Å². The second-order valence-electron chi connectivity index (χ2n) is 2.68. The lowest BCUT2D eigenvalue weighted by atomic mass is 10.3. The minimum Gasteiger partial charge on any atom is -0.484 e. The number of benzene rings is 1. The number of ether oxygens (including phenoxy) is 1. The Bertz CT molecular complexity index is 274. The van der Waals surface area contributed by atoms with Gasteiger partial charge in [0.15, 0.2) is 6.61 Å². The molecule has 76 valence electrons. The van der Waals surface area contributed by atoms with E-state index in [4.69, 9.17) is 9.84 Å². The average molecular weight is 195 g/mol. The molecule has 0 heterocycles. The maximum atomic E-state index is 11.0. The van der Waals surface area contributed by atoms with Gasteiger partial charge in [-0.05, 0) is 12.1 Å². The summed E-state index contributed by atoms with van der Waals surface area (Å²) in [6, 6.07) is 9.10. The van der Waals surface area contributed by atoms with Gasteiger partial charge in [-0.25, -0.2) is 0 Å². The number of amides is 1. The van der Waals surface area contributed by atoms with Crippen LogP contribution in [0.5, 0.6) is 5.75 Å². The van der Waals surface area contributed by atoms with Crippen molar-refractivity contribution >= 4 is 5.91 Å². The number of hydrogen-bond donors (Lipinski definition) is 2. The van der Waals surface area contributed by atoms with E-state index in [-0.39, 0.29) is 25.7 Å². The molecule has 14 heavy (non-hydrogen) atoms. The molecule has 0 saturated heterocycles. The summed E-state index contributed by atoms with van der Waals surface area (Å²) < 4.78 is 5.17. The first-order valence-electron chi connectivity index (χ1n) is 4.38. The second kappa shape index (κ2) is 5.99. The summed E-state index contributed by atoms with van der Waals surface area (Å²) in [5.41, 5.74) is 0. The van der Waals surface area contributed by atoms with Gasteiger partial charge in [0.05, 0.1) is 6.61 Å². The molecule has 0 aliphatic heterocycles. The van der Waals surface area contributed by atoms with E-state index >= 15 is 0 Å². The Labute approximate surface area is 82.5 Å². The van der Waals surface area contributed by atoms with Crippen LogP contribution in [0, 0.1) is 0 Å². The Morgan fingerprint density at radius 1 is 1.36 bits per heavy atom. The molecule has 0 saturated carbocycles. The number of para-hydroxylation sites is 1. The number of carbonyl (C=O) groups excluding carboxylic acids is 1. The first kappa shape index (κ1) is 10.5. The van der Waals surface area contributed by atoms with E-state index < -0.39 is 0 Å². The summed E-state index contributed by atoms with van der Waals surface area (Å²) in [7, 11) is 0. The zero-order chi connectivity index (χ0) is 10.2. The van der Waals surface area contributed by atoms with Crippen LogP contribution < -0.4 is 10.1 Å². The zero-order valence-electron chi connectivity index (χ0n) is 7.77. The van der Waals surface area contributed by atoms with Crippen LogP contribution in [0.4, 0.5) is 0 Å². The molecule has 1 rings (SSSR count). The third-order valence-electron chi connectivity index (χ3n) is 1.55. The van der Waals surface area contributed by atoms with Crippen molar-refractivity contribution in [2.75, 3.05) is 19.8 Å². The fourth-order valence-electron chi connectivity index (χ4n) is 0.912. The molecule has 1 aromatic rings. The highest BCUT2D eigenvalue weighted by molar-refractivity contribution is 5.77. The highest BCUT2D eigenvalue weighted by atomic mass is 16.5. The largest absolute Gasteiger partial charge is 0.484 e. The highest BCUT2D eigenvalue weighted by Gasteiger charge is 2.00. The van der Waals surface area contributed by atoms with Crippen molar-refractivity contribution in [1.82, 2.24) is 5.32 Å². The van der Waals surface area contributed by atoms with E-state index in [1.165, 1.54) is 0 Å². The van der Waals surface area contributed by atoms with Gasteiger partial charge in [0.25, 0.3) is 5.91 Å². The second-order valence-corrected chi connectivity index (χ2v) is 2.68. The summed E-state index contributed by atoms with van der Waals surface area (Å²) >= 11 is 0. The number of nitrogens with one attached hydrogen (secondary N) is 1. The molecular formula is C10H13NO3. The standard InChI is InChI=1S/C10H13NO3/c12-7-6-11-10(13)8-14-9-4-2-1-3-5-9/h1-5,12H,6-8H2,(H,11,13). The van der Waals surface area contributed by atoms with Gasteiger partial charge in [-0.2, -0.15) is 0 Å². The minimum absolute atomic E-state index is 0.0238. The van der Waals surface area contributed by atoms with Crippen molar-refractivity contribution in [2.24, 2.45) is 0 Å². The maximum absolute atomic E-state index is 11.0. The molecule has 1 aromatic carbocycles. The van der Waals surface area contributed by atoms with Crippen LogP contribution in [-0.4, -0.2) is 30.8 Å². The van der Waals surface area contributed by atoms with Crippen LogP contribution in [-0.2, 0) is 4.79 Å². The van der Waals surface area contributed by atoms with Gasteiger partial charge >= 0.3 is 0 Å². The predicted octanol–water partition coefficient (Wildman–Crippen LogP) is 0.174. The Balaban J connectivity index is 2.24. The van der Waals surface area contributed by atoms with Crippen molar-refractivity contribution in [1.29, 1.82) is 0 Å². The van der Waals surface area contributed by atoms with Crippen LogP contribution in [0.3, 0.4) is 0 Å². The minimum atomic E-state index is -0.233. The fourth-order valence-corrected chi connectivity index (χ4v) is 0.912. The molecule has 0 fully saturated rings. The van der Waals surface area contributed by atoms with Gasteiger partial charge in [-0.1, -0.05) is 18.2 Å². The van der Waals surface area contributed by atoms with Crippen LogP contribution >= 0.6 is 0 Å². The SMILES string of the molecule is O=C(COc1ccccc1)NCCO. The van der Waals surface area contributed by atoms with Crippen molar-refractivity contribution < 1.29 is 14.6 Å². The number of rotatable bonds is 5. The van der Waals surface area contributed by atoms with Crippen molar-refractivity contribution in [2.45, 2.75) is 0 Å². The van der Waals surface area contributed by atoms with Crippen molar-refractivity contribution in [3.05, 3.63) is 30.3 Å². The zero-order valence-corrected chi connectivity index (χ0v) is 7.77. The average Bonchev–Trinajstić information content (AvgIpc) is 2.25. The summed E-state index contributed by atoms with van der Waals surface area (Å²) in [6.07, 6.45) is 0. The molecule has 2 N–H and O–H groups in total. The molecule has 0 aromatic heterocycles. The van der Waals surface area contributed by atoms with Gasteiger partial charge in [-0.15, -0.1) is 0 Å². The number of carbonyl (C=O) groups is 1. The van der Waals surface area contributed by atoms with E-state index in [2.05, 4.69) is 5.32 Å². The molecule has 0 radical (unpaired) electrons. The third-order valence-corrected chi connectivity index (χ3v) is 1.55. The molecule has 0 bridgehead atoms. The lowest BCUT2D eigenvalue weighted by molar-refractivity contribution is -0.123. The number of hydrogen-bond acceptors (Lipinski definition) is 3. The van der Waals surface area contributed by atoms with Gasteiger partial charge in [-0.3, -0.25) is 4.79 Å². The first-order chi connectivity index (χ1) is 6.83. The van der Waals surface area contributed by atoms with Crippen molar-refractivity contribution in [3.63, 3.8) is 0 Å². The van der Waals surface area contributed by atoms with Crippen LogP contribution in [0.25, 0.3) is 0 Å². The monoisotopic (exact) mass is 195 g/mol. The number of aliphatic hydroxyl groups excluding tert-OH is 1. The fraction of sp³-hybridized carbons (Fsp3) is 0.300. The van der Waals surface area contributed by atoms with E-state index in [9.17, 15) is 4.79 Å². The molecule has 0 spiro atoms. The Hall–Kier alpha value is -1.55. The first-order valence-corrected chi connectivity index (χ1v) is 4.38. The van der Waals surface area contributed by atoms with E-state index in [0.717, 1.165) is 0 Å². The van der Waals surface area contributed by atoms with Gasteiger partial charge in [0, 0.05) is 6.54 Å². The van der Waals surface area contributed by atoms with Crippen LogP contribution in [0.1, 0.15) is 0 Å². The van der Waals surface area contributed by atoms with Crippen LogP contribution in [0.2, 0.25) is 0 Å². The summed E-state index contributed by atoms with van der Waals surface area (Å²) in [6.45, 7) is 0.179. The quantitative estimate of drug-likeness (QED) is 0.704. The lowest BCUT2D eigenvalue weighted by Gasteiger charge is -2.05. The lowest BCUT2D eigenvalue weighted by Crippen LogP contribution is -2.31. The predicted molar refractivity (Wildman–Crippen MR) is 52.0 cm³/mol. The third kappa shape index (κ3) is 3.91. The molecule has 0 aliphatic rings. The van der Waals surface area contributed by atoms with Gasteiger partial charge in [0.2, 0.25) is 0 Å². The maximum Gasteiger partial charge on any atom is 0.258 e. The summed E-state index contributed by atoms with van der Waals surface area (Å²) in [4.78, 5) is 11.0. The molecule has 1 amide bonds. The summed E-state index contributed by atoms with van der Waals surface area (Å²) in [5.74, 6) is 0.426. The van der Waals surface area contributed by atoms with E-state index in [0.29, 0.717) is 5.75 Å². The molecular weight excluding hydrogens is 182 g/mol. The molecule has 4 heteroatoms. The van der Waals surface area contributed by atoms with Gasteiger partial charge < -0.3 is 15.2 Å². The Morgan fingerprint density at radius 3 is 2.71 bits per heavy atom. The molecule has 4 nitrogen and oxygen atoms in total. The highest BCUT2D eigenvalue weighted by Crippen LogP contribution is 2.07. The molecule has 0 aliphatic carbocycles. The molecule has 0 unspecified atom stereocenters. The van der Waals surface area contributed by atoms with E-state index in [1.54, 1.807) is 12.1 Å². The Kier molecular flexibility index (Phi) is 4.50.